The highest BCUT2D eigenvalue weighted by Crippen LogP contribution is 2.60. The number of ketones is 1. The van der Waals surface area contributed by atoms with Crippen molar-refractivity contribution >= 4 is 29.7 Å². The highest BCUT2D eigenvalue weighted by molar-refractivity contribution is 6.12. The maximum atomic E-state index is 13.2. The van der Waals surface area contributed by atoms with Crippen LogP contribution in [-0.2, 0) is 42.9 Å². The summed E-state index contributed by atoms with van der Waals surface area (Å²) in [5.41, 5.74) is -3.56. The summed E-state index contributed by atoms with van der Waals surface area (Å²) in [6, 6.07) is 0. The lowest BCUT2D eigenvalue weighted by atomic mass is 9.44. The van der Waals surface area contributed by atoms with E-state index in [2.05, 4.69) is 0 Å². The fourth-order valence-electron chi connectivity index (χ4n) is 5.22. The molecule has 2 rings (SSSR count). The summed E-state index contributed by atoms with van der Waals surface area (Å²) < 4.78 is 19.1. The Kier molecular flexibility index (Phi) is 6.08. The Labute approximate surface area is 167 Å². The first-order valence-electron chi connectivity index (χ1n) is 9.01. The van der Waals surface area contributed by atoms with Crippen molar-refractivity contribution in [2.75, 3.05) is 28.4 Å². The molecule has 2 bridgehead atoms. The number of Topliss-reactive ketones (excluding diaryl/α,β-unsaturated/α-hetero) is 1. The summed E-state index contributed by atoms with van der Waals surface area (Å²) in [5, 5.41) is 11.8. The molecule has 0 saturated heterocycles. The third kappa shape index (κ3) is 3.19. The highest BCUT2D eigenvalue weighted by Gasteiger charge is 2.75. The number of aliphatic hydroxyl groups is 1. The minimum atomic E-state index is -2.51. The number of rotatable bonds is 4. The average Bonchev–Trinajstić information content (AvgIpc) is 2.65. The third-order valence-corrected chi connectivity index (χ3v) is 6.20. The van der Waals surface area contributed by atoms with Crippen molar-refractivity contribution in [3.8, 4) is 0 Å². The van der Waals surface area contributed by atoms with Crippen LogP contribution in [0.1, 0.15) is 20.3 Å². The van der Waals surface area contributed by atoms with Gasteiger partial charge in [-0.05, 0) is 17.8 Å². The van der Waals surface area contributed by atoms with E-state index in [0.29, 0.717) is 0 Å². The predicted molar refractivity (Wildman–Crippen MR) is 93.9 cm³/mol. The molecule has 1 N–H and O–H groups in total. The maximum Gasteiger partial charge on any atom is 0.319 e. The molecule has 2 fully saturated rings. The SMILES string of the molecule is COC(=O)[C@@H]1C(=O)[C@H](C(=O)OC)[C@]2(O)[C@@H](C(=O)OC)[C@H]1CC(C)(C)[C@@H]2C(=O)OC. The van der Waals surface area contributed by atoms with Crippen LogP contribution in [0.5, 0.6) is 0 Å². The number of carbonyl (C=O) groups excluding carboxylic acids is 5. The lowest BCUT2D eigenvalue weighted by Crippen LogP contribution is -2.74. The number of hydrogen-bond acceptors (Lipinski definition) is 10. The largest absolute Gasteiger partial charge is 0.469 e. The van der Waals surface area contributed by atoms with Crippen LogP contribution in [0.4, 0.5) is 0 Å². The van der Waals surface area contributed by atoms with Gasteiger partial charge in [-0.25, -0.2) is 0 Å². The molecule has 162 valence electrons. The van der Waals surface area contributed by atoms with Crippen molar-refractivity contribution in [2.24, 2.45) is 35.0 Å². The quantitative estimate of drug-likeness (QED) is 0.363. The van der Waals surface area contributed by atoms with Crippen LogP contribution < -0.4 is 0 Å². The molecule has 0 aromatic heterocycles. The topological polar surface area (TPSA) is 142 Å². The van der Waals surface area contributed by atoms with Crippen molar-refractivity contribution in [1.82, 2.24) is 0 Å². The van der Waals surface area contributed by atoms with Crippen molar-refractivity contribution in [3.63, 3.8) is 0 Å². The monoisotopic (exact) mass is 414 g/mol. The van der Waals surface area contributed by atoms with Crippen molar-refractivity contribution < 1.29 is 48.0 Å². The Hall–Kier alpha value is -2.49. The van der Waals surface area contributed by atoms with E-state index in [1.165, 1.54) is 0 Å². The van der Waals surface area contributed by atoms with Gasteiger partial charge in [-0.1, -0.05) is 13.8 Å². The maximum absolute atomic E-state index is 13.2. The predicted octanol–water partition coefficient (Wildman–Crippen LogP) is -0.497. The minimum Gasteiger partial charge on any atom is -0.469 e. The summed E-state index contributed by atoms with van der Waals surface area (Å²) in [6.07, 6.45) is 0.0221. The van der Waals surface area contributed by atoms with Crippen molar-refractivity contribution in [3.05, 3.63) is 0 Å². The minimum absolute atomic E-state index is 0.0221. The van der Waals surface area contributed by atoms with Crippen LogP contribution in [0, 0.1) is 35.0 Å². The molecular formula is C19H26O10. The Morgan fingerprint density at radius 1 is 0.862 bits per heavy atom. The molecule has 10 heteroatoms. The molecule has 0 unspecified atom stereocenters. The molecule has 0 spiro atoms. The Bertz CT molecular complexity index is 741. The van der Waals surface area contributed by atoms with Crippen molar-refractivity contribution in [2.45, 2.75) is 25.9 Å². The fraction of sp³-hybridized carbons (Fsp3) is 0.737. The first kappa shape index (κ1) is 22.8. The second-order valence-electron chi connectivity index (χ2n) is 8.06. The van der Waals surface area contributed by atoms with Gasteiger partial charge in [0.15, 0.2) is 5.78 Å². The van der Waals surface area contributed by atoms with E-state index in [1.54, 1.807) is 13.8 Å². The first-order chi connectivity index (χ1) is 13.4. The van der Waals surface area contributed by atoms with Crippen LogP contribution in [0.3, 0.4) is 0 Å². The van der Waals surface area contributed by atoms with E-state index in [-0.39, 0.29) is 6.42 Å². The summed E-state index contributed by atoms with van der Waals surface area (Å²) in [5.74, 6) is -12.5. The molecule has 29 heavy (non-hydrogen) atoms. The Morgan fingerprint density at radius 3 is 1.79 bits per heavy atom. The molecular weight excluding hydrogens is 388 g/mol. The lowest BCUT2D eigenvalue weighted by molar-refractivity contribution is -0.236. The van der Waals surface area contributed by atoms with Gasteiger partial charge in [0.05, 0.1) is 40.3 Å². The van der Waals surface area contributed by atoms with Gasteiger partial charge in [-0.2, -0.15) is 0 Å². The van der Waals surface area contributed by atoms with Gasteiger partial charge in [-0.3, -0.25) is 24.0 Å². The molecule has 0 aromatic rings. The zero-order valence-corrected chi connectivity index (χ0v) is 17.2. The Morgan fingerprint density at radius 2 is 1.34 bits per heavy atom. The summed E-state index contributed by atoms with van der Waals surface area (Å²) in [4.78, 5) is 63.7. The van der Waals surface area contributed by atoms with E-state index in [0.717, 1.165) is 28.4 Å². The smallest absolute Gasteiger partial charge is 0.319 e. The first-order valence-corrected chi connectivity index (χ1v) is 9.01. The van der Waals surface area contributed by atoms with Gasteiger partial charge < -0.3 is 24.1 Å². The molecule has 0 heterocycles. The van der Waals surface area contributed by atoms with Gasteiger partial charge in [0.25, 0.3) is 0 Å². The zero-order chi connectivity index (χ0) is 22.3. The lowest BCUT2D eigenvalue weighted by Gasteiger charge is -2.59. The van der Waals surface area contributed by atoms with Gasteiger partial charge in [0.1, 0.15) is 17.4 Å². The second-order valence-corrected chi connectivity index (χ2v) is 8.06. The molecule has 0 aromatic carbocycles. The molecule has 0 radical (unpaired) electrons. The van der Waals surface area contributed by atoms with Crippen LogP contribution >= 0.6 is 0 Å². The summed E-state index contributed by atoms with van der Waals surface area (Å²) >= 11 is 0. The molecule has 0 aliphatic heterocycles. The van der Waals surface area contributed by atoms with Crippen LogP contribution in [0.2, 0.25) is 0 Å². The summed E-state index contributed by atoms with van der Waals surface area (Å²) in [7, 11) is 4.22. The average molecular weight is 414 g/mol. The number of esters is 4. The van der Waals surface area contributed by atoms with E-state index in [4.69, 9.17) is 18.9 Å². The third-order valence-electron chi connectivity index (χ3n) is 6.20. The van der Waals surface area contributed by atoms with E-state index >= 15 is 0 Å². The fourth-order valence-corrected chi connectivity index (χ4v) is 5.22. The number of fused-ring (bicyclic) bond motifs is 2. The van der Waals surface area contributed by atoms with E-state index in [1.807, 2.05) is 0 Å². The van der Waals surface area contributed by atoms with Gasteiger partial charge in [0, 0.05) is 0 Å². The van der Waals surface area contributed by atoms with Gasteiger partial charge in [-0.15, -0.1) is 0 Å². The molecule has 0 amide bonds. The number of methoxy groups -OCH3 is 4. The van der Waals surface area contributed by atoms with E-state index < -0.39 is 70.3 Å². The van der Waals surface area contributed by atoms with Crippen LogP contribution in [0.15, 0.2) is 0 Å². The number of hydrogen-bond donors (Lipinski definition) is 1. The van der Waals surface area contributed by atoms with Crippen molar-refractivity contribution in [1.29, 1.82) is 0 Å². The molecule has 2 saturated carbocycles. The molecule has 10 nitrogen and oxygen atoms in total. The molecule has 2 aliphatic rings. The number of carbonyl (C=O) groups is 5. The second kappa shape index (κ2) is 7.74. The standard InChI is InChI=1S/C19H26O10/c1-18(2)7-8-9(14(21)26-3)12(20)11(16(23)28-5)19(25,10(8)15(22)27-4)13(18)17(24)29-6/h8-11,13,25H,7H2,1-6H3/t8-,9-,10+,11+,13-,19+/m0/s1. The van der Waals surface area contributed by atoms with Gasteiger partial charge in [0.2, 0.25) is 0 Å². The van der Waals surface area contributed by atoms with Gasteiger partial charge >= 0.3 is 23.9 Å². The molecule has 6 atom stereocenters. The van der Waals surface area contributed by atoms with E-state index in [9.17, 15) is 29.1 Å². The highest BCUT2D eigenvalue weighted by atomic mass is 16.5. The Balaban J connectivity index is 2.88. The van der Waals surface area contributed by atoms with Crippen LogP contribution in [0.25, 0.3) is 0 Å². The zero-order valence-electron chi connectivity index (χ0n) is 17.2. The van der Waals surface area contributed by atoms with Crippen LogP contribution in [-0.4, -0.2) is 68.8 Å². The molecule has 2 aliphatic carbocycles. The normalized spacial score (nSPS) is 35.3. The summed E-state index contributed by atoms with van der Waals surface area (Å²) in [6.45, 7) is 3.25. The number of ether oxygens (including phenoxy) is 4.